The number of aryl methyl sites for hydroxylation is 1. The molecule has 0 fully saturated rings. The highest BCUT2D eigenvalue weighted by molar-refractivity contribution is 14.0. The van der Waals surface area contributed by atoms with E-state index in [2.05, 4.69) is 41.6 Å². The molecule has 1 heterocycles. The first-order valence-corrected chi connectivity index (χ1v) is 10.5. The van der Waals surface area contributed by atoms with E-state index in [1.807, 2.05) is 18.3 Å². The van der Waals surface area contributed by atoms with Crippen LogP contribution < -0.4 is 10.6 Å². The summed E-state index contributed by atoms with van der Waals surface area (Å²) in [5, 5.41) is 6.56. The fourth-order valence-electron chi connectivity index (χ4n) is 2.02. The number of hydrogen-bond donors (Lipinski definition) is 2. The zero-order valence-electron chi connectivity index (χ0n) is 14.3. The summed E-state index contributed by atoms with van der Waals surface area (Å²) in [5.41, 5.74) is 0. The molecule has 0 aliphatic carbocycles. The van der Waals surface area contributed by atoms with Crippen LogP contribution in [0.25, 0.3) is 0 Å². The zero-order chi connectivity index (χ0) is 16.6. The van der Waals surface area contributed by atoms with E-state index >= 15 is 0 Å². The predicted octanol–water partition coefficient (Wildman–Crippen LogP) is 2.60. The number of halogens is 1. The Kier molecular flexibility index (Phi) is 11.1. The van der Waals surface area contributed by atoms with Gasteiger partial charge in [-0.3, -0.25) is 4.99 Å². The van der Waals surface area contributed by atoms with E-state index in [1.165, 1.54) is 16.0 Å². The fourth-order valence-corrected chi connectivity index (χ4v) is 3.69. The van der Waals surface area contributed by atoms with E-state index < -0.39 is 9.84 Å². The first-order chi connectivity index (χ1) is 10.3. The molecule has 0 spiro atoms. The summed E-state index contributed by atoms with van der Waals surface area (Å²) in [6.07, 6.45) is 2.76. The van der Waals surface area contributed by atoms with Crippen molar-refractivity contribution in [2.24, 2.45) is 4.99 Å². The first kappa shape index (κ1) is 22.6. The van der Waals surface area contributed by atoms with Crippen molar-refractivity contribution in [3.8, 4) is 0 Å². The minimum Gasteiger partial charge on any atom is -0.357 e. The number of guanidine groups is 1. The highest BCUT2D eigenvalue weighted by Crippen LogP contribution is 2.16. The molecule has 0 aromatic carbocycles. The molecule has 0 bridgehead atoms. The molecule has 1 rings (SSSR count). The number of nitrogens with one attached hydrogen (secondary N) is 2. The van der Waals surface area contributed by atoms with Crippen LogP contribution >= 0.6 is 35.3 Å². The molecule has 134 valence electrons. The largest absolute Gasteiger partial charge is 0.357 e. The third-order valence-electron chi connectivity index (χ3n) is 2.97. The van der Waals surface area contributed by atoms with Crippen molar-refractivity contribution in [1.82, 2.24) is 10.6 Å². The topological polar surface area (TPSA) is 70.6 Å². The van der Waals surface area contributed by atoms with Crippen LogP contribution in [0, 0.1) is 6.92 Å². The average Bonchev–Trinajstić information content (AvgIpc) is 2.79. The van der Waals surface area contributed by atoms with Crippen molar-refractivity contribution in [1.29, 1.82) is 0 Å². The van der Waals surface area contributed by atoms with Crippen LogP contribution in [0.15, 0.2) is 17.1 Å². The van der Waals surface area contributed by atoms with Gasteiger partial charge in [0.15, 0.2) is 5.96 Å². The number of hydrogen-bond acceptors (Lipinski definition) is 4. The molecule has 0 saturated heterocycles. The molecule has 0 amide bonds. The molecule has 0 aliphatic rings. The number of sulfone groups is 1. The van der Waals surface area contributed by atoms with Gasteiger partial charge in [-0.2, -0.15) is 0 Å². The Morgan fingerprint density at radius 3 is 2.61 bits per heavy atom. The molecule has 8 heteroatoms. The van der Waals surface area contributed by atoms with Gasteiger partial charge in [-0.05, 0) is 39.3 Å². The van der Waals surface area contributed by atoms with Gasteiger partial charge in [-0.1, -0.05) is 0 Å². The Bertz CT molecular complexity index is 585. The van der Waals surface area contributed by atoms with Crippen molar-refractivity contribution in [2.75, 3.05) is 25.1 Å². The number of aliphatic imine (C=N–C) groups is 1. The fraction of sp³-hybridized carbons (Fsp3) is 0.667. The lowest BCUT2D eigenvalue weighted by atomic mass is 10.2. The second-order valence-corrected chi connectivity index (χ2v) is 9.14. The highest BCUT2D eigenvalue weighted by atomic mass is 127. The Morgan fingerprint density at radius 1 is 1.39 bits per heavy atom. The molecule has 5 nitrogen and oxygen atoms in total. The number of thiophene rings is 1. The Hall–Kier alpha value is -0.350. The number of nitrogens with zero attached hydrogens (tertiary/aromatic N) is 1. The molecule has 0 saturated carbocycles. The van der Waals surface area contributed by atoms with E-state index in [-0.39, 0.29) is 35.8 Å². The third-order valence-corrected chi connectivity index (χ3v) is 5.03. The van der Waals surface area contributed by atoms with Gasteiger partial charge in [0.1, 0.15) is 9.84 Å². The zero-order valence-corrected chi connectivity index (χ0v) is 18.2. The lowest BCUT2D eigenvalue weighted by molar-refractivity contribution is 0.599. The maximum atomic E-state index is 11.1. The maximum Gasteiger partial charge on any atom is 0.191 e. The summed E-state index contributed by atoms with van der Waals surface area (Å²) >= 11 is 1.81. The molecule has 2 N–H and O–H groups in total. The summed E-state index contributed by atoms with van der Waals surface area (Å²) in [6, 6.07) is 4.57. The molecule has 1 aromatic rings. The SMILES string of the molecule is CCNC(=NCCCS(C)(=O)=O)NC(C)Cc1ccc(C)s1.I. The minimum absolute atomic E-state index is 0. The van der Waals surface area contributed by atoms with E-state index in [0.29, 0.717) is 13.0 Å². The highest BCUT2D eigenvalue weighted by Gasteiger charge is 2.08. The summed E-state index contributed by atoms with van der Waals surface area (Å²) in [5.74, 6) is 0.928. The van der Waals surface area contributed by atoms with Crippen LogP contribution in [-0.2, 0) is 16.3 Å². The Morgan fingerprint density at radius 2 is 2.09 bits per heavy atom. The van der Waals surface area contributed by atoms with Crippen LogP contribution in [0.1, 0.15) is 30.0 Å². The molecule has 0 radical (unpaired) electrons. The van der Waals surface area contributed by atoms with Crippen molar-refractivity contribution < 1.29 is 8.42 Å². The maximum absolute atomic E-state index is 11.1. The molecule has 1 atom stereocenters. The van der Waals surface area contributed by atoms with Gasteiger partial charge in [-0.25, -0.2) is 8.42 Å². The van der Waals surface area contributed by atoms with Gasteiger partial charge in [0.2, 0.25) is 0 Å². The molecule has 1 unspecified atom stereocenters. The third kappa shape index (κ3) is 10.9. The molecule has 1 aromatic heterocycles. The summed E-state index contributed by atoms with van der Waals surface area (Å²) < 4.78 is 22.2. The van der Waals surface area contributed by atoms with Gasteiger partial charge in [-0.15, -0.1) is 35.3 Å². The molecule has 23 heavy (non-hydrogen) atoms. The smallest absolute Gasteiger partial charge is 0.191 e. The van der Waals surface area contributed by atoms with Crippen molar-refractivity contribution >= 4 is 51.1 Å². The van der Waals surface area contributed by atoms with Crippen molar-refractivity contribution in [2.45, 2.75) is 39.7 Å². The second-order valence-electron chi connectivity index (χ2n) is 5.51. The van der Waals surface area contributed by atoms with E-state index in [4.69, 9.17) is 0 Å². The monoisotopic (exact) mass is 473 g/mol. The predicted molar refractivity (Wildman–Crippen MR) is 111 cm³/mol. The lowest BCUT2D eigenvalue weighted by Gasteiger charge is -2.17. The van der Waals surface area contributed by atoms with E-state index in [9.17, 15) is 8.42 Å². The van der Waals surface area contributed by atoms with Crippen LogP contribution in [0.4, 0.5) is 0 Å². The first-order valence-electron chi connectivity index (χ1n) is 7.58. The lowest BCUT2D eigenvalue weighted by Crippen LogP contribution is -2.43. The summed E-state index contributed by atoms with van der Waals surface area (Å²) in [7, 11) is -2.90. The molecular formula is C15H28IN3O2S2. The second kappa shape index (κ2) is 11.2. The van der Waals surface area contributed by atoms with Crippen LogP contribution in [-0.4, -0.2) is 45.5 Å². The van der Waals surface area contributed by atoms with Crippen molar-refractivity contribution in [3.05, 3.63) is 21.9 Å². The Labute approximate surface area is 161 Å². The quantitative estimate of drug-likeness (QED) is 0.264. The Balaban J connectivity index is 0.00000484. The summed E-state index contributed by atoms with van der Waals surface area (Å²) in [4.78, 5) is 7.11. The van der Waals surface area contributed by atoms with Gasteiger partial charge in [0.25, 0.3) is 0 Å². The van der Waals surface area contributed by atoms with Gasteiger partial charge >= 0.3 is 0 Å². The van der Waals surface area contributed by atoms with Gasteiger partial charge in [0.05, 0.1) is 5.75 Å². The van der Waals surface area contributed by atoms with E-state index in [1.54, 1.807) is 0 Å². The van der Waals surface area contributed by atoms with Gasteiger partial charge < -0.3 is 10.6 Å². The van der Waals surface area contributed by atoms with Crippen LogP contribution in [0.5, 0.6) is 0 Å². The summed E-state index contributed by atoms with van der Waals surface area (Å²) in [6.45, 7) is 7.54. The minimum atomic E-state index is -2.90. The van der Waals surface area contributed by atoms with Crippen LogP contribution in [0.2, 0.25) is 0 Å². The molecule has 0 aliphatic heterocycles. The average molecular weight is 473 g/mol. The van der Waals surface area contributed by atoms with Crippen LogP contribution in [0.3, 0.4) is 0 Å². The molecular weight excluding hydrogens is 445 g/mol. The normalized spacial score (nSPS) is 13.3. The van der Waals surface area contributed by atoms with Gasteiger partial charge in [0, 0.05) is 41.6 Å². The standard InChI is InChI=1S/C15H27N3O2S2.HI/c1-5-16-15(17-9-6-10-22(4,19)20)18-12(2)11-14-8-7-13(3)21-14;/h7-8,12H,5-6,9-11H2,1-4H3,(H2,16,17,18);1H. The number of rotatable bonds is 8. The van der Waals surface area contributed by atoms with E-state index in [0.717, 1.165) is 18.9 Å². The van der Waals surface area contributed by atoms with Crippen molar-refractivity contribution in [3.63, 3.8) is 0 Å².